The third-order valence-corrected chi connectivity index (χ3v) is 6.69. The predicted molar refractivity (Wildman–Crippen MR) is 105 cm³/mol. The van der Waals surface area contributed by atoms with Crippen molar-refractivity contribution < 1.29 is 20.1 Å². The van der Waals surface area contributed by atoms with Crippen molar-refractivity contribution in [1.82, 2.24) is 19.5 Å². The van der Waals surface area contributed by atoms with E-state index >= 15 is 0 Å². The molecule has 3 aliphatic rings. The highest BCUT2D eigenvalue weighted by atomic mass is 16.6. The topological polar surface area (TPSA) is 126 Å². The lowest BCUT2D eigenvalue weighted by Gasteiger charge is -2.21. The van der Waals surface area contributed by atoms with Gasteiger partial charge in [0.25, 0.3) is 0 Å². The third-order valence-electron chi connectivity index (χ3n) is 6.69. The van der Waals surface area contributed by atoms with Crippen LogP contribution in [0.15, 0.2) is 6.33 Å². The molecule has 0 aromatic carbocycles. The summed E-state index contributed by atoms with van der Waals surface area (Å²) in [4.78, 5) is 13.9. The Kier molecular flexibility index (Phi) is 5.15. The van der Waals surface area contributed by atoms with Crippen molar-refractivity contribution >= 4 is 17.0 Å². The highest BCUT2D eigenvalue weighted by Gasteiger charge is 2.45. The van der Waals surface area contributed by atoms with Crippen LogP contribution < -0.4 is 5.32 Å². The summed E-state index contributed by atoms with van der Waals surface area (Å²) in [6, 6.07) is 0.391. The van der Waals surface area contributed by atoms with E-state index in [1.165, 1.54) is 19.2 Å². The lowest BCUT2D eigenvalue weighted by molar-refractivity contribution is -0.0526. The van der Waals surface area contributed by atoms with E-state index in [1.807, 2.05) is 4.57 Å². The average Bonchev–Trinajstić information content (AvgIpc) is 3.51. The molecule has 2 aromatic heterocycles. The molecule has 0 amide bonds. The van der Waals surface area contributed by atoms with Gasteiger partial charge in [0.2, 0.25) is 0 Å². The average molecular weight is 403 g/mol. The second kappa shape index (κ2) is 7.79. The van der Waals surface area contributed by atoms with Crippen molar-refractivity contribution in [3.05, 3.63) is 12.2 Å². The van der Waals surface area contributed by atoms with Crippen LogP contribution in [0.4, 0.5) is 5.82 Å². The number of aromatic nitrogens is 4. The fraction of sp³-hybridized carbons (Fsp3) is 0.750. The molecule has 9 heteroatoms. The van der Waals surface area contributed by atoms with Crippen LogP contribution in [0.5, 0.6) is 0 Å². The van der Waals surface area contributed by atoms with Crippen LogP contribution in [0, 0.1) is 0 Å². The van der Waals surface area contributed by atoms with Crippen molar-refractivity contribution in [1.29, 1.82) is 0 Å². The van der Waals surface area contributed by atoms with Gasteiger partial charge in [-0.3, -0.25) is 4.57 Å². The molecule has 1 saturated heterocycles. The molecule has 2 aromatic rings. The van der Waals surface area contributed by atoms with Gasteiger partial charge in [0, 0.05) is 12.0 Å². The summed E-state index contributed by atoms with van der Waals surface area (Å²) in [5.41, 5.74) is 1.27. The molecule has 29 heavy (non-hydrogen) atoms. The number of nitrogens with zero attached hydrogens (tertiary/aromatic N) is 4. The molecular weight excluding hydrogens is 374 g/mol. The fourth-order valence-corrected chi connectivity index (χ4v) is 5.11. The van der Waals surface area contributed by atoms with Gasteiger partial charge in [0.15, 0.2) is 23.2 Å². The summed E-state index contributed by atoms with van der Waals surface area (Å²) in [5, 5.41) is 34.0. The Morgan fingerprint density at radius 3 is 2.45 bits per heavy atom. The highest BCUT2D eigenvalue weighted by Crippen LogP contribution is 2.40. The Morgan fingerprint density at radius 1 is 1.03 bits per heavy atom. The third kappa shape index (κ3) is 3.30. The van der Waals surface area contributed by atoms with Gasteiger partial charge in [-0.2, -0.15) is 0 Å². The van der Waals surface area contributed by atoms with E-state index in [4.69, 9.17) is 9.72 Å². The first-order valence-electron chi connectivity index (χ1n) is 10.8. The summed E-state index contributed by atoms with van der Waals surface area (Å²) < 4.78 is 7.68. The van der Waals surface area contributed by atoms with Crippen LogP contribution in [-0.4, -0.2) is 65.8 Å². The molecule has 5 rings (SSSR count). The van der Waals surface area contributed by atoms with Crippen molar-refractivity contribution in [2.24, 2.45) is 0 Å². The molecule has 0 radical (unpaired) electrons. The molecule has 3 heterocycles. The Balaban J connectivity index is 1.60. The molecule has 2 saturated carbocycles. The van der Waals surface area contributed by atoms with E-state index in [0.29, 0.717) is 23.0 Å². The minimum absolute atomic E-state index is 0.254. The van der Waals surface area contributed by atoms with Crippen LogP contribution in [0.2, 0.25) is 0 Å². The zero-order valence-corrected chi connectivity index (χ0v) is 16.4. The maximum absolute atomic E-state index is 10.7. The van der Waals surface area contributed by atoms with Crippen molar-refractivity contribution in [2.45, 2.75) is 87.9 Å². The summed E-state index contributed by atoms with van der Waals surface area (Å²) >= 11 is 0. The number of aliphatic hydroxyl groups excluding tert-OH is 3. The largest absolute Gasteiger partial charge is 0.394 e. The lowest BCUT2D eigenvalue weighted by atomic mass is 10.1. The second-order valence-corrected chi connectivity index (χ2v) is 8.57. The molecule has 158 valence electrons. The Morgan fingerprint density at radius 2 is 1.76 bits per heavy atom. The fourth-order valence-electron chi connectivity index (χ4n) is 5.11. The number of ether oxygens (including phenoxy) is 1. The maximum Gasteiger partial charge on any atom is 0.167 e. The van der Waals surface area contributed by atoms with Gasteiger partial charge < -0.3 is 25.4 Å². The van der Waals surface area contributed by atoms with Gasteiger partial charge in [-0.15, -0.1) is 0 Å². The van der Waals surface area contributed by atoms with Crippen LogP contribution >= 0.6 is 0 Å². The molecule has 0 spiro atoms. The Bertz CT molecular complexity index is 862. The normalized spacial score (nSPS) is 31.3. The first-order chi connectivity index (χ1) is 14.2. The number of hydrogen-bond acceptors (Lipinski definition) is 8. The zero-order chi connectivity index (χ0) is 20.0. The summed E-state index contributed by atoms with van der Waals surface area (Å²) in [7, 11) is 0. The number of aliphatic hydroxyl groups is 3. The first kappa shape index (κ1) is 19.2. The highest BCUT2D eigenvalue weighted by molar-refractivity contribution is 5.83. The molecule has 3 fully saturated rings. The van der Waals surface area contributed by atoms with Crippen molar-refractivity contribution in [3.63, 3.8) is 0 Å². The molecule has 2 aliphatic carbocycles. The van der Waals surface area contributed by atoms with Crippen LogP contribution in [-0.2, 0) is 4.74 Å². The standard InChI is InChI=1S/C20H29N5O4/c26-9-13-15(27)16(28)20(29-13)25-18(11-5-1-2-6-11)24-14-17(21-10-22-19(14)25)23-12-7-3-4-8-12/h10-13,15-16,20,26-28H,1-9H2,(H,21,22,23)/t13-,15-,16-,20-/m1/s1. The van der Waals surface area contributed by atoms with Gasteiger partial charge in [0.05, 0.1) is 6.61 Å². The van der Waals surface area contributed by atoms with E-state index in [2.05, 4.69) is 15.3 Å². The number of nitrogens with one attached hydrogen (secondary N) is 1. The van der Waals surface area contributed by atoms with E-state index in [1.54, 1.807) is 0 Å². The van der Waals surface area contributed by atoms with Gasteiger partial charge in [-0.1, -0.05) is 25.7 Å². The minimum atomic E-state index is -1.16. The molecule has 9 nitrogen and oxygen atoms in total. The van der Waals surface area contributed by atoms with E-state index in [0.717, 1.165) is 44.3 Å². The van der Waals surface area contributed by atoms with E-state index < -0.39 is 24.5 Å². The number of anilines is 1. The minimum Gasteiger partial charge on any atom is -0.394 e. The molecule has 0 unspecified atom stereocenters. The predicted octanol–water partition coefficient (Wildman–Crippen LogP) is 1.45. The van der Waals surface area contributed by atoms with Crippen molar-refractivity contribution in [3.8, 4) is 0 Å². The summed E-state index contributed by atoms with van der Waals surface area (Å²) in [6.07, 6.45) is 6.54. The monoisotopic (exact) mass is 403 g/mol. The molecule has 4 N–H and O–H groups in total. The van der Waals surface area contributed by atoms with Crippen molar-refractivity contribution in [2.75, 3.05) is 11.9 Å². The van der Waals surface area contributed by atoms with Gasteiger partial charge in [0.1, 0.15) is 30.5 Å². The number of fused-ring (bicyclic) bond motifs is 1. The van der Waals surface area contributed by atoms with Gasteiger partial charge in [-0.25, -0.2) is 15.0 Å². The SMILES string of the molecule is OC[C@H]1O[C@@H](n2c(C3CCCC3)nc3c(NC4CCCC4)ncnc32)[C@H](O)[C@@H]1O. The lowest BCUT2D eigenvalue weighted by Crippen LogP contribution is -2.33. The quantitative estimate of drug-likeness (QED) is 0.591. The molecule has 4 atom stereocenters. The number of rotatable bonds is 5. The van der Waals surface area contributed by atoms with E-state index in [9.17, 15) is 15.3 Å². The van der Waals surface area contributed by atoms with E-state index in [-0.39, 0.29) is 12.5 Å². The van der Waals surface area contributed by atoms with Crippen LogP contribution in [0.1, 0.15) is 69.3 Å². The van der Waals surface area contributed by atoms with Gasteiger partial charge in [-0.05, 0) is 25.7 Å². The Hall–Kier alpha value is -1.81. The molecular formula is C20H29N5O4. The summed E-state index contributed by atoms with van der Waals surface area (Å²) in [6.45, 7) is -0.358. The smallest absolute Gasteiger partial charge is 0.167 e. The molecule has 0 bridgehead atoms. The second-order valence-electron chi connectivity index (χ2n) is 8.57. The van der Waals surface area contributed by atoms with Crippen LogP contribution in [0.3, 0.4) is 0 Å². The first-order valence-corrected chi connectivity index (χ1v) is 10.8. The maximum atomic E-state index is 10.7. The molecule has 1 aliphatic heterocycles. The Labute approximate surface area is 169 Å². The van der Waals surface area contributed by atoms with Gasteiger partial charge >= 0.3 is 0 Å². The summed E-state index contributed by atoms with van der Waals surface area (Å²) in [5.74, 6) is 1.79. The number of hydrogen-bond donors (Lipinski definition) is 4. The van der Waals surface area contributed by atoms with Crippen LogP contribution in [0.25, 0.3) is 11.2 Å². The zero-order valence-electron chi connectivity index (χ0n) is 16.4. The number of imidazole rings is 1.